The van der Waals surface area contributed by atoms with E-state index >= 15 is 0 Å². The second kappa shape index (κ2) is 7.21. The Bertz CT molecular complexity index is 340. The van der Waals surface area contributed by atoms with E-state index in [1.165, 1.54) is 0 Å². The molecule has 2 fully saturated rings. The SMILES string of the molecule is CCCCC(COC)NC(=O)C1CC2CCC(C1)C2=O. The number of hydrogen-bond donors (Lipinski definition) is 1. The largest absolute Gasteiger partial charge is 0.383 e. The fourth-order valence-corrected chi connectivity index (χ4v) is 3.65. The van der Waals surface area contributed by atoms with Gasteiger partial charge in [-0.15, -0.1) is 0 Å². The zero-order valence-electron chi connectivity index (χ0n) is 12.7. The molecule has 0 spiro atoms. The van der Waals surface area contributed by atoms with Gasteiger partial charge in [-0.05, 0) is 32.1 Å². The average Bonchev–Trinajstić information content (AvgIpc) is 2.67. The second-order valence-corrected chi connectivity index (χ2v) is 6.34. The Morgan fingerprint density at radius 3 is 2.55 bits per heavy atom. The van der Waals surface area contributed by atoms with Crippen LogP contribution < -0.4 is 5.32 Å². The number of nitrogens with one attached hydrogen (secondary N) is 1. The fourth-order valence-electron chi connectivity index (χ4n) is 3.65. The van der Waals surface area contributed by atoms with Crippen molar-refractivity contribution in [1.29, 1.82) is 0 Å². The first kappa shape index (κ1) is 15.5. The van der Waals surface area contributed by atoms with E-state index in [1.807, 2.05) is 0 Å². The Kier molecular flexibility index (Phi) is 5.58. The predicted octanol–water partition coefficient (Wildman–Crippen LogP) is 2.31. The van der Waals surface area contributed by atoms with E-state index in [2.05, 4.69) is 12.2 Å². The van der Waals surface area contributed by atoms with Gasteiger partial charge < -0.3 is 10.1 Å². The van der Waals surface area contributed by atoms with Crippen LogP contribution in [0.5, 0.6) is 0 Å². The smallest absolute Gasteiger partial charge is 0.223 e. The van der Waals surface area contributed by atoms with Gasteiger partial charge in [0.05, 0.1) is 12.6 Å². The minimum Gasteiger partial charge on any atom is -0.383 e. The molecule has 3 atom stereocenters. The summed E-state index contributed by atoms with van der Waals surface area (Å²) in [6.45, 7) is 2.72. The lowest BCUT2D eigenvalue weighted by atomic mass is 9.79. The highest BCUT2D eigenvalue weighted by molar-refractivity contribution is 5.89. The van der Waals surface area contributed by atoms with Crippen molar-refractivity contribution < 1.29 is 14.3 Å². The van der Waals surface area contributed by atoms with Gasteiger partial charge in [-0.3, -0.25) is 9.59 Å². The molecule has 0 aromatic rings. The van der Waals surface area contributed by atoms with Crippen LogP contribution in [0.3, 0.4) is 0 Å². The molecule has 2 aliphatic carbocycles. The van der Waals surface area contributed by atoms with Crippen molar-refractivity contribution >= 4 is 11.7 Å². The van der Waals surface area contributed by atoms with Gasteiger partial charge in [-0.25, -0.2) is 0 Å². The standard InChI is InChI=1S/C16H27NO3/c1-3-4-5-14(10-20-2)17-16(19)13-8-11-6-7-12(9-13)15(11)18/h11-14H,3-10H2,1-2H3,(H,17,19). The lowest BCUT2D eigenvalue weighted by Crippen LogP contribution is -2.44. The van der Waals surface area contributed by atoms with Gasteiger partial charge in [0.1, 0.15) is 5.78 Å². The Labute approximate surface area is 121 Å². The number of amides is 1. The molecular formula is C16H27NO3. The summed E-state index contributed by atoms with van der Waals surface area (Å²) < 4.78 is 5.19. The van der Waals surface area contributed by atoms with Crippen molar-refractivity contribution in [1.82, 2.24) is 5.32 Å². The van der Waals surface area contributed by atoms with Gasteiger partial charge in [0.25, 0.3) is 0 Å². The fraction of sp³-hybridized carbons (Fsp3) is 0.875. The maximum absolute atomic E-state index is 12.4. The summed E-state index contributed by atoms with van der Waals surface area (Å²) >= 11 is 0. The van der Waals surface area contributed by atoms with Crippen LogP contribution in [-0.2, 0) is 14.3 Å². The number of Topliss-reactive ketones (excluding diaryl/α,β-unsaturated/α-hetero) is 1. The van der Waals surface area contributed by atoms with Crippen LogP contribution in [-0.4, -0.2) is 31.4 Å². The molecule has 2 aliphatic rings. The molecule has 0 radical (unpaired) electrons. The number of methoxy groups -OCH3 is 1. The number of fused-ring (bicyclic) bond motifs is 2. The van der Waals surface area contributed by atoms with E-state index in [0.29, 0.717) is 12.4 Å². The minimum absolute atomic E-state index is 0.0335. The number of ketones is 1. The van der Waals surface area contributed by atoms with Crippen molar-refractivity contribution in [2.75, 3.05) is 13.7 Å². The summed E-state index contributed by atoms with van der Waals surface area (Å²) in [5.41, 5.74) is 0. The molecule has 2 saturated carbocycles. The number of unbranched alkanes of at least 4 members (excludes halogenated alkanes) is 1. The molecule has 3 unspecified atom stereocenters. The Morgan fingerprint density at radius 1 is 1.35 bits per heavy atom. The summed E-state index contributed by atoms with van der Waals surface area (Å²) in [4.78, 5) is 24.3. The third kappa shape index (κ3) is 3.60. The van der Waals surface area contributed by atoms with Crippen LogP contribution in [0, 0.1) is 17.8 Å². The zero-order chi connectivity index (χ0) is 14.5. The van der Waals surface area contributed by atoms with Crippen molar-refractivity contribution in [3.8, 4) is 0 Å². The first-order chi connectivity index (χ1) is 9.65. The molecule has 0 saturated heterocycles. The molecule has 114 valence electrons. The van der Waals surface area contributed by atoms with Gasteiger partial charge >= 0.3 is 0 Å². The lowest BCUT2D eigenvalue weighted by molar-refractivity contribution is -0.132. The van der Waals surface area contributed by atoms with Crippen LogP contribution in [0.25, 0.3) is 0 Å². The number of ether oxygens (including phenoxy) is 1. The minimum atomic E-state index is 0.0335. The second-order valence-electron chi connectivity index (χ2n) is 6.34. The summed E-state index contributed by atoms with van der Waals surface area (Å²) in [7, 11) is 1.67. The van der Waals surface area contributed by atoms with Crippen molar-refractivity contribution in [3.05, 3.63) is 0 Å². The van der Waals surface area contributed by atoms with Crippen LogP contribution in [0.15, 0.2) is 0 Å². The number of hydrogen-bond acceptors (Lipinski definition) is 3. The molecule has 0 aromatic carbocycles. The van der Waals surface area contributed by atoms with Crippen LogP contribution in [0.4, 0.5) is 0 Å². The highest BCUT2D eigenvalue weighted by Crippen LogP contribution is 2.42. The van der Waals surface area contributed by atoms with Crippen molar-refractivity contribution in [2.24, 2.45) is 17.8 Å². The molecule has 20 heavy (non-hydrogen) atoms. The molecule has 0 heterocycles. The van der Waals surface area contributed by atoms with E-state index in [-0.39, 0.29) is 29.7 Å². The van der Waals surface area contributed by atoms with Crippen LogP contribution in [0.2, 0.25) is 0 Å². The first-order valence-corrected chi connectivity index (χ1v) is 7.98. The van der Waals surface area contributed by atoms with E-state index in [9.17, 15) is 9.59 Å². The number of rotatable bonds is 7. The van der Waals surface area contributed by atoms with E-state index < -0.39 is 0 Å². The lowest BCUT2D eigenvalue weighted by Gasteiger charge is -2.28. The summed E-state index contributed by atoms with van der Waals surface area (Å²) in [6.07, 6.45) is 6.69. The Morgan fingerprint density at radius 2 is 2.00 bits per heavy atom. The average molecular weight is 281 g/mol. The van der Waals surface area contributed by atoms with Gasteiger partial charge in [0.15, 0.2) is 0 Å². The van der Waals surface area contributed by atoms with Crippen LogP contribution in [0.1, 0.15) is 51.9 Å². The predicted molar refractivity (Wildman–Crippen MR) is 77.3 cm³/mol. The van der Waals surface area contributed by atoms with E-state index in [4.69, 9.17) is 4.74 Å². The molecule has 1 N–H and O–H groups in total. The normalized spacial score (nSPS) is 30.3. The summed E-state index contributed by atoms with van der Waals surface area (Å²) in [5, 5.41) is 3.13. The van der Waals surface area contributed by atoms with Gasteiger partial charge in [-0.2, -0.15) is 0 Å². The molecule has 0 aromatic heterocycles. The molecular weight excluding hydrogens is 254 g/mol. The molecule has 4 nitrogen and oxygen atoms in total. The van der Waals surface area contributed by atoms with E-state index in [0.717, 1.165) is 44.9 Å². The highest BCUT2D eigenvalue weighted by atomic mass is 16.5. The van der Waals surface area contributed by atoms with Crippen molar-refractivity contribution in [2.45, 2.75) is 57.9 Å². The topological polar surface area (TPSA) is 55.4 Å². The third-order valence-electron chi connectivity index (χ3n) is 4.80. The molecule has 2 bridgehead atoms. The molecule has 0 aliphatic heterocycles. The quantitative estimate of drug-likeness (QED) is 0.779. The zero-order valence-corrected chi connectivity index (χ0v) is 12.7. The number of carbonyl (C=O) groups is 2. The maximum Gasteiger partial charge on any atom is 0.223 e. The molecule has 1 amide bonds. The highest BCUT2D eigenvalue weighted by Gasteiger charge is 2.43. The van der Waals surface area contributed by atoms with Crippen molar-refractivity contribution in [3.63, 3.8) is 0 Å². The summed E-state index contributed by atoms with van der Waals surface area (Å²) in [5.74, 6) is 0.884. The van der Waals surface area contributed by atoms with Gasteiger partial charge in [-0.1, -0.05) is 19.8 Å². The summed E-state index contributed by atoms with van der Waals surface area (Å²) in [6, 6.07) is 0.114. The maximum atomic E-state index is 12.4. The Hall–Kier alpha value is -0.900. The third-order valence-corrected chi connectivity index (χ3v) is 4.80. The molecule has 4 heteroatoms. The van der Waals surface area contributed by atoms with Gasteiger partial charge in [0.2, 0.25) is 5.91 Å². The van der Waals surface area contributed by atoms with Crippen LogP contribution >= 0.6 is 0 Å². The number of carbonyl (C=O) groups excluding carboxylic acids is 2. The monoisotopic (exact) mass is 281 g/mol. The first-order valence-electron chi connectivity index (χ1n) is 7.98. The van der Waals surface area contributed by atoms with E-state index in [1.54, 1.807) is 7.11 Å². The molecule has 2 rings (SSSR count). The Balaban J connectivity index is 1.85. The van der Waals surface area contributed by atoms with Gasteiger partial charge in [0, 0.05) is 24.9 Å².